The minimum absolute atomic E-state index is 0.750. The molecule has 0 heterocycles. The van der Waals surface area contributed by atoms with E-state index in [0.29, 0.717) is 0 Å². The van der Waals surface area contributed by atoms with Gasteiger partial charge in [-0.05, 0) is 6.92 Å². The van der Waals surface area contributed by atoms with E-state index in [1.54, 1.807) is 0 Å². The fraction of sp³-hybridized carbons (Fsp3) is 1.00. The SMILES string of the molecule is C[C@H]([O])CF. The van der Waals surface area contributed by atoms with Gasteiger partial charge in [-0.25, -0.2) is 9.50 Å². The Bertz CT molecular complexity index is 20.9. The van der Waals surface area contributed by atoms with E-state index < -0.39 is 12.8 Å². The van der Waals surface area contributed by atoms with Gasteiger partial charge >= 0.3 is 0 Å². The smallest absolute Gasteiger partial charge is 0.118 e. The standard InChI is InChI=1S/C3H6FO/c1-3(5)2-4/h3H,2H2,1H3/t3-/m0/s1. The number of hydrogen-bond acceptors (Lipinski definition) is 0. The highest BCUT2D eigenvalue weighted by Crippen LogP contribution is 1.76. The van der Waals surface area contributed by atoms with E-state index in [1.165, 1.54) is 6.92 Å². The van der Waals surface area contributed by atoms with E-state index in [1.807, 2.05) is 0 Å². The van der Waals surface area contributed by atoms with Crippen molar-refractivity contribution in [3.05, 3.63) is 0 Å². The summed E-state index contributed by atoms with van der Waals surface area (Å²) in [6, 6.07) is 0. The van der Waals surface area contributed by atoms with E-state index in [-0.39, 0.29) is 0 Å². The molecule has 0 aliphatic heterocycles. The Morgan fingerprint density at radius 2 is 2.20 bits per heavy atom. The maximum Gasteiger partial charge on any atom is 0.118 e. The van der Waals surface area contributed by atoms with Gasteiger partial charge in [-0.15, -0.1) is 0 Å². The third kappa shape index (κ3) is 3.89. The van der Waals surface area contributed by atoms with Gasteiger partial charge in [0, 0.05) is 0 Å². The fourth-order valence-corrected chi connectivity index (χ4v) is 0. The second-order valence-corrected chi connectivity index (χ2v) is 0.965. The minimum atomic E-state index is -1.03. The molecule has 2 heteroatoms. The molecule has 0 bridgehead atoms. The molecule has 0 spiro atoms. The van der Waals surface area contributed by atoms with E-state index in [4.69, 9.17) is 0 Å². The van der Waals surface area contributed by atoms with Crippen molar-refractivity contribution in [2.45, 2.75) is 13.0 Å². The molecule has 0 saturated carbocycles. The summed E-state index contributed by atoms with van der Waals surface area (Å²) in [7, 11) is 0. The maximum atomic E-state index is 10.8. The van der Waals surface area contributed by atoms with Crippen molar-refractivity contribution in [2.24, 2.45) is 0 Å². The van der Waals surface area contributed by atoms with Gasteiger partial charge in [-0.2, -0.15) is 0 Å². The summed E-state index contributed by atoms with van der Waals surface area (Å²) in [5, 5.41) is 9.52. The second kappa shape index (κ2) is 2.15. The summed E-state index contributed by atoms with van der Waals surface area (Å²) in [6.07, 6.45) is -1.03. The Balaban J connectivity index is 2.54. The van der Waals surface area contributed by atoms with E-state index in [9.17, 15) is 9.50 Å². The van der Waals surface area contributed by atoms with Crippen molar-refractivity contribution in [3.8, 4) is 0 Å². The lowest BCUT2D eigenvalue weighted by Gasteiger charge is -1.83. The third-order valence-electron chi connectivity index (χ3n) is 0.217. The predicted molar refractivity (Wildman–Crippen MR) is 16.1 cm³/mol. The number of halogens is 1. The molecule has 1 radical (unpaired) electrons. The molecule has 0 aliphatic carbocycles. The fourth-order valence-electron chi connectivity index (χ4n) is 0. The summed E-state index contributed by atoms with van der Waals surface area (Å²) in [5.74, 6) is 0. The van der Waals surface area contributed by atoms with Crippen LogP contribution < -0.4 is 0 Å². The van der Waals surface area contributed by atoms with Crippen LogP contribution >= 0.6 is 0 Å². The molecule has 0 rings (SSSR count). The highest BCUT2D eigenvalue weighted by molar-refractivity contribution is 4.34. The minimum Gasteiger partial charge on any atom is -0.248 e. The van der Waals surface area contributed by atoms with Crippen LogP contribution in [-0.2, 0) is 5.11 Å². The molecule has 1 nitrogen and oxygen atoms in total. The second-order valence-electron chi connectivity index (χ2n) is 0.965. The molecular formula is C3H6FO. The van der Waals surface area contributed by atoms with Gasteiger partial charge in [-0.3, -0.25) is 0 Å². The third-order valence-corrected chi connectivity index (χ3v) is 0.217. The van der Waals surface area contributed by atoms with Gasteiger partial charge in [-0.1, -0.05) is 0 Å². The van der Waals surface area contributed by atoms with Crippen molar-refractivity contribution in [1.82, 2.24) is 0 Å². The Hall–Kier alpha value is -0.110. The average molecular weight is 77.1 g/mol. The van der Waals surface area contributed by atoms with Crippen molar-refractivity contribution in [1.29, 1.82) is 0 Å². The monoisotopic (exact) mass is 77.0 g/mol. The van der Waals surface area contributed by atoms with Crippen LogP contribution in [0.4, 0.5) is 4.39 Å². The zero-order valence-corrected chi connectivity index (χ0v) is 3.07. The molecule has 0 unspecified atom stereocenters. The van der Waals surface area contributed by atoms with E-state index >= 15 is 0 Å². The van der Waals surface area contributed by atoms with E-state index in [0.717, 1.165) is 0 Å². The molecule has 31 valence electrons. The first-order valence-electron chi connectivity index (χ1n) is 1.49. The van der Waals surface area contributed by atoms with Crippen molar-refractivity contribution < 1.29 is 9.50 Å². The topological polar surface area (TPSA) is 19.9 Å². The van der Waals surface area contributed by atoms with Crippen LogP contribution in [0.25, 0.3) is 0 Å². The first-order valence-corrected chi connectivity index (χ1v) is 1.49. The first kappa shape index (κ1) is 4.89. The molecule has 1 atom stereocenters. The van der Waals surface area contributed by atoms with Gasteiger partial charge in [0.1, 0.15) is 12.8 Å². The summed E-state index contributed by atoms with van der Waals surface area (Å²) < 4.78 is 10.8. The summed E-state index contributed by atoms with van der Waals surface area (Å²) in [5.41, 5.74) is 0. The predicted octanol–water partition coefficient (Wildman–Crippen LogP) is 0.775. The van der Waals surface area contributed by atoms with Crippen LogP contribution in [0.2, 0.25) is 0 Å². The highest BCUT2D eigenvalue weighted by Gasteiger charge is 1.89. The van der Waals surface area contributed by atoms with Crippen LogP contribution in [0.1, 0.15) is 6.92 Å². The van der Waals surface area contributed by atoms with Gasteiger partial charge in [0.25, 0.3) is 0 Å². The quantitative estimate of drug-likeness (QED) is 0.440. The molecule has 0 N–H and O–H groups in total. The van der Waals surface area contributed by atoms with Gasteiger partial charge in [0.05, 0.1) is 0 Å². The Morgan fingerprint density at radius 3 is 2.20 bits per heavy atom. The molecule has 0 aliphatic rings. The van der Waals surface area contributed by atoms with Gasteiger partial charge in [0.15, 0.2) is 0 Å². The van der Waals surface area contributed by atoms with Gasteiger partial charge < -0.3 is 0 Å². The largest absolute Gasteiger partial charge is 0.248 e. The molecule has 0 amide bonds. The van der Waals surface area contributed by atoms with Crippen LogP contribution in [0, 0.1) is 0 Å². The van der Waals surface area contributed by atoms with Gasteiger partial charge in [0.2, 0.25) is 0 Å². The Labute approximate surface area is 30.4 Å². The molecule has 0 aromatic heterocycles. The number of rotatable bonds is 1. The first-order chi connectivity index (χ1) is 2.27. The zero-order valence-electron chi connectivity index (χ0n) is 3.07. The lowest BCUT2D eigenvalue weighted by Crippen LogP contribution is -1.96. The Kier molecular flexibility index (Phi) is 2.10. The zero-order chi connectivity index (χ0) is 4.28. The summed E-state index contributed by atoms with van der Waals surface area (Å²) >= 11 is 0. The van der Waals surface area contributed by atoms with Crippen molar-refractivity contribution in [3.63, 3.8) is 0 Å². The average Bonchev–Trinajstić information content (AvgIpc) is 1.38. The van der Waals surface area contributed by atoms with Crippen LogP contribution in [0.5, 0.6) is 0 Å². The van der Waals surface area contributed by atoms with Crippen molar-refractivity contribution >= 4 is 0 Å². The van der Waals surface area contributed by atoms with Crippen LogP contribution in [0.3, 0.4) is 0 Å². The lowest BCUT2D eigenvalue weighted by molar-refractivity contribution is 0.0809. The highest BCUT2D eigenvalue weighted by atomic mass is 19.1. The number of alkyl halides is 1. The normalized spacial score (nSPS) is 15.0. The maximum absolute atomic E-state index is 10.8. The molecule has 0 saturated heterocycles. The summed E-state index contributed by atoms with van der Waals surface area (Å²) in [6.45, 7) is 0.542. The molecule has 0 fully saturated rings. The molecular weight excluding hydrogens is 71.0 g/mol. The number of hydrogen-bond donors (Lipinski definition) is 0. The van der Waals surface area contributed by atoms with Crippen LogP contribution in [0.15, 0.2) is 0 Å². The van der Waals surface area contributed by atoms with Crippen LogP contribution in [-0.4, -0.2) is 12.8 Å². The van der Waals surface area contributed by atoms with Crippen molar-refractivity contribution in [2.75, 3.05) is 6.67 Å². The molecule has 0 aromatic rings. The molecule has 5 heavy (non-hydrogen) atoms. The summed E-state index contributed by atoms with van der Waals surface area (Å²) in [4.78, 5) is 0. The molecule has 0 aromatic carbocycles. The lowest BCUT2D eigenvalue weighted by atomic mass is 10.5. The van der Waals surface area contributed by atoms with E-state index in [2.05, 4.69) is 0 Å². The Morgan fingerprint density at radius 1 is 2.00 bits per heavy atom.